The fourth-order valence-corrected chi connectivity index (χ4v) is 5.85. The van der Waals surface area contributed by atoms with Crippen molar-refractivity contribution < 1.29 is 22.7 Å². The SMILES string of the molecule is O=C1CCc2ccc(OCC(=O)N3CCCN(S(=O)(=O)N4CCCC4)CC3)cc2N1. The van der Waals surface area contributed by atoms with Crippen LogP contribution in [0.5, 0.6) is 5.75 Å². The Morgan fingerprint density at radius 1 is 0.967 bits per heavy atom. The largest absolute Gasteiger partial charge is 0.484 e. The Hall–Kier alpha value is -2.17. The molecular weight excluding hydrogens is 408 g/mol. The molecule has 1 aromatic rings. The van der Waals surface area contributed by atoms with E-state index in [0.717, 1.165) is 24.1 Å². The van der Waals surface area contributed by atoms with Crippen LogP contribution in [0.2, 0.25) is 0 Å². The second-order valence-electron chi connectivity index (χ2n) is 7.90. The third-order valence-corrected chi connectivity index (χ3v) is 7.90. The highest BCUT2D eigenvalue weighted by molar-refractivity contribution is 7.86. The van der Waals surface area contributed by atoms with Crippen LogP contribution >= 0.6 is 0 Å². The van der Waals surface area contributed by atoms with E-state index in [0.29, 0.717) is 64.3 Å². The summed E-state index contributed by atoms with van der Waals surface area (Å²) >= 11 is 0. The lowest BCUT2D eigenvalue weighted by Gasteiger charge is -2.26. The molecule has 1 aromatic carbocycles. The van der Waals surface area contributed by atoms with E-state index >= 15 is 0 Å². The van der Waals surface area contributed by atoms with Gasteiger partial charge >= 0.3 is 0 Å². The van der Waals surface area contributed by atoms with Crippen LogP contribution in [0.3, 0.4) is 0 Å². The molecule has 9 nitrogen and oxygen atoms in total. The summed E-state index contributed by atoms with van der Waals surface area (Å²) in [6, 6.07) is 5.45. The van der Waals surface area contributed by atoms with Crippen LogP contribution in [-0.4, -0.2) is 79.6 Å². The van der Waals surface area contributed by atoms with Gasteiger partial charge in [-0.15, -0.1) is 0 Å². The molecule has 3 aliphatic heterocycles. The number of ether oxygens (including phenoxy) is 1. The first-order chi connectivity index (χ1) is 14.4. The molecule has 0 bridgehead atoms. The molecular formula is C20H28N4O5S. The van der Waals surface area contributed by atoms with E-state index in [9.17, 15) is 18.0 Å². The summed E-state index contributed by atoms with van der Waals surface area (Å²) in [5.41, 5.74) is 1.79. The second kappa shape index (κ2) is 8.91. The second-order valence-corrected chi connectivity index (χ2v) is 9.83. The summed E-state index contributed by atoms with van der Waals surface area (Å²) in [6.45, 7) is 2.63. The maximum Gasteiger partial charge on any atom is 0.282 e. The summed E-state index contributed by atoms with van der Waals surface area (Å²) in [4.78, 5) is 25.9. The van der Waals surface area contributed by atoms with Gasteiger partial charge in [-0.2, -0.15) is 17.0 Å². The number of aryl methyl sites for hydroxylation is 1. The lowest BCUT2D eigenvalue weighted by atomic mass is 10.0. The number of hydrogen-bond acceptors (Lipinski definition) is 5. The fraction of sp³-hybridized carbons (Fsp3) is 0.600. The van der Waals surface area contributed by atoms with E-state index in [-0.39, 0.29) is 18.4 Å². The van der Waals surface area contributed by atoms with Crippen molar-refractivity contribution in [2.24, 2.45) is 0 Å². The molecule has 0 saturated carbocycles. The summed E-state index contributed by atoms with van der Waals surface area (Å²) in [5, 5.41) is 2.82. The number of carbonyl (C=O) groups is 2. The normalized spacial score (nSPS) is 21.1. The molecule has 164 valence electrons. The van der Waals surface area contributed by atoms with Crippen molar-refractivity contribution in [1.82, 2.24) is 13.5 Å². The Balaban J connectivity index is 1.31. The van der Waals surface area contributed by atoms with Crippen LogP contribution in [0, 0.1) is 0 Å². The molecule has 0 spiro atoms. The van der Waals surface area contributed by atoms with Gasteiger partial charge in [0.05, 0.1) is 0 Å². The number of nitrogens with zero attached hydrogens (tertiary/aromatic N) is 3. The van der Waals surface area contributed by atoms with E-state index in [1.165, 1.54) is 4.31 Å². The number of carbonyl (C=O) groups excluding carboxylic acids is 2. The molecule has 0 radical (unpaired) electrons. The van der Waals surface area contributed by atoms with Gasteiger partial charge in [-0.1, -0.05) is 6.07 Å². The Bertz CT molecular complexity index is 914. The Morgan fingerprint density at radius 2 is 1.70 bits per heavy atom. The third kappa shape index (κ3) is 4.60. The summed E-state index contributed by atoms with van der Waals surface area (Å²) < 4.78 is 34.2. The highest BCUT2D eigenvalue weighted by Crippen LogP contribution is 2.27. The highest BCUT2D eigenvalue weighted by atomic mass is 32.2. The molecule has 2 fully saturated rings. The van der Waals surface area contributed by atoms with Crippen molar-refractivity contribution in [3.05, 3.63) is 23.8 Å². The Morgan fingerprint density at radius 3 is 2.50 bits per heavy atom. The zero-order valence-corrected chi connectivity index (χ0v) is 17.8. The molecule has 4 rings (SSSR count). The van der Waals surface area contributed by atoms with Gasteiger partial charge in [-0.25, -0.2) is 0 Å². The van der Waals surface area contributed by atoms with Crippen molar-refractivity contribution in [1.29, 1.82) is 0 Å². The first-order valence-electron chi connectivity index (χ1n) is 10.5. The topological polar surface area (TPSA) is 99.3 Å². The van der Waals surface area contributed by atoms with Crippen LogP contribution in [0.1, 0.15) is 31.2 Å². The van der Waals surface area contributed by atoms with Gasteiger partial charge < -0.3 is 15.0 Å². The number of anilines is 1. The van der Waals surface area contributed by atoms with Gasteiger partial charge in [0.15, 0.2) is 6.61 Å². The molecule has 2 saturated heterocycles. The first kappa shape index (κ1) is 21.1. The minimum absolute atomic E-state index is 0.0197. The number of benzene rings is 1. The Labute approximate surface area is 177 Å². The van der Waals surface area contributed by atoms with Gasteiger partial charge in [-0.05, 0) is 37.3 Å². The Kier molecular flexibility index (Phi) is 6.26. The van der Waals surface area contributed by atoms with E-state index in [1.54, 1.807) is 21.3 Å². The molecule has 0 aliphatic carbocycles. The smallest absolute Gasteiger partial charge is 0.282 e. The minimum Gasteiger partial charge on any atom is -0.484 e. The lowest BCUT2D eigenvalue weighted by molar-refractivity contribution is -0.133. The van der Waals surface area contributed by atoms with Gasteiger partial charge in [0.25, 0.3) is 16.1 Å². The highest BCUT2D eigenvalue weighted by Gasteiger charge is 2.33. The molecule has 30 heavy (non-hydrogen) atoms. The zero-order valence-electron chi connectivity index (χ0n) is 17.0. The first-order valence-corrected chi connectivity index (χ1v) is 11.9. The molecule has 0 unspecified atom stereocenters. The van der Waals surface area contributed by atoms with Gasteiger partial charge in [0, 0.05) is 57.4 Å². The van der Waals surface area contributed by atoms with Crippen molar-refractivity contribution in [3.63, 3.8) is 0 Å². The number of rotatable bonds is 5. The van der Waals surface area contributed by atoms with E-state index in [2.05, 4.69) is 5.32 Å². The van der Waals surface area contributed by atoms with E-state index < -0.39 is 10.2 Å². The van der Waals surface area contributed by atoms with Crippen LogP contribution in [0.15, 0.2) is 18.2 Å². The summed E-state index contributed by atoms with van der Waals surface area (Å²) in [6.07, 6.45) is 3.59. The number of hydrogen-bond donors (Lipinski definition) is 1. The summed E-state index contributed by atoms with van der Waals surface area (Å²) in [7, 11) is -3.44. The van der Waals surface area contributed by atoms with Crippen molar-refractivity contribution in [3.8, 4) is 5.75 Å². The van der Waals surface area contributed by atoms with Crippen LogP contribution in [0.4, 0.5) is 5.69 Å². The molecule has 10 heteroatoms. The van der Waals surface area contributed by atoms with Crippen molar-refractivity contribution >= 4 is 27.7 Å². The molecule has 0 atom stereocenters. The van der Waals surface area contributed by atoms with Gasteiger partial charge in [-0.3, -0.25) is 9.59 Å². The predicted octanol–water partition coefficient (Wildman–Crippen LogP) is 0.825. The van der Waals surface area contributed by atoms with E-state index in [4.69, 9.17) is 4.74 Å². The molecule has 0 aromatic heterocycles. The monoisotopic (exact) mass is 436 g/mol. The minimum atomic E-state index is -3.44. The third-order valence-electron chi connectivity index (χ3n) is 5.86. The van der Waals surface area contributed by atoms with Crippen molar-refractivity contribution in [2.75, 3.05) is 51.2 Å². The predicted molar refractivity (Wildman–Crippen MR) is 111 cm³/mol. The fourth-order valence-electron chi connectivity index (χ4n) is 4.13. The summed E-state index contributed by atoms with van der Waals surface area (Å²) in [5.74, 6) is 0.336. The quantitative estimate of drug-likeness (QED) is 0.737. The maximum absolute atomic E-state index is 12.8. The van der Waals surface area contributed by atoms with Crippen LogP contribution in [-0.2, 0) is 26.2 Å². The number of fused-ring (bicyclic) bond motifs is 1. The number of nitrogens with one attached hydrogen (secondary N) is 1. The standard InChI is InChI=1S/C20H28N4O5S/c25-19-7-5-16-4-6-17(14-18(16)21-19)29-15-20(26)22-8-3-11-24(13-12-22)30(27,28)23-9-1-2-10-23/h4,6,14H,1-3,5,7-13,15H2,(H,21,25). The molecule has 3 heterocycles. The molecule has 2 amide bonds. The van der Waals surface area contributed by atoms with E-state index in [1.807, 2.05) is 6.07 Å². The zero-order chi connectivity index (χ0) is 21.1. The van der Waals surface area contributed by atoms with Crippen LogP contribution in [0.25, 0.3) is 0 Å². The average molecular weight is 437 g/mol. The maximum atomic E-state index is 12.8. The van der Waals surface area contributed by atoms with Gasteiger partial charge in [0.2, 0.25) is 5.91 Å². The molecule has 1 N–H and O–H groups in total. The average Bonchev–Trinajstić information content (AvgIpc) is 3.17. The lowest BCUT2D eigenvalue weighted by Crippen LogP contribution is -2.44. The van der Waals surface area contributed by atoms with Crippen molar-refractivity contribution in [2.45, 2.75) is 32.1 Å². The number of amides is 2. The van der Waals surface area contributed by atoms with Crippen LogP contribution < -0.4 is 10.1 Å². The van der Waals surface area contributed by atoms with Gasteiger partial charge in [0.1, 0.15) is 5.75 Å². The molecule has 3 aliphatic rings.